The van der Waals surface area contributed by atoms with Crippen LogP contribution in [0.4, 0.5) is 0 Å². The zero-order valence-electron chi connectivity index (χ0n) is 14.6. The van der Waals surface area contributed by atoms with Gasteiger partial charge in [-0.1, -0.05) is 30.3 Å². The number of hydrogen-bond acceptors (Lipinski definition) is 5. The van der Waals surface area contributed by atoms with Gasteiger partial charge in [-0.25, -0.2) is 0 Å². The number of carboxylic acid groups (broad SMARTS) is 1. The molecular formula is C19H21N3O4S. The van der Waals surface area contributed by atoms with Gasteiger partial charge in [-0.3, -0.25) is 19.4 Å². The quantitative estimate of drug-likeness (QED) is 0.531. The Hall–Kier alpha value is -2.87. The maximum Gasteiger partial charge on any atom is 0.313 e. The molecule has 0 spiro atoms. The maximum absolute atomic E-state index is 12.5. The Balaban J connectivity index is 1.97. The Kier molecular flexibility index (Phi) is 8.31. The molecule has 8 heteroatoms. The van der Waals surface area contributed by atoms with Gasteiger partial charge in [-0.15, -0.1) is 11.8 Å². The van der Waals surface area contributed by atoms with Crippen LogP contribution in [0.15, 0.2) is 54.9 Å². The van der Waals surface area contributed by atoms with E-state index in [-0.39, 0.29) is 17.6 Å². The first-order chi connectivity index (χ1) is 13.1. The number of aromatic nitrogens is 1. The van der Waals surface area contributed by atoms with Crippen molar-refractivity contribution < 1.29 is 19.5 Å². The molecule has 1 aromatic carbocycles. The first kappa shape index (κ1) is 20.4. The van der Waals surface area contributed by atoms with Crippen molar-refractivity contribution in [1.29, 1.82) is 0 Å². The van der Waals surface area contributed by atoms with Gasteiger partial charge in [0.05, 0.1) is 11.3 Å². The lowest BCUT2D eigenvalue weighted by molar-refractivity contribution is -0.133. The van der Waals surface area contributed by atoms with Gasteiger partial charge in [-0.2, -0.15) is 0 Å². The van der Waals surface area contributed by atoms with Crippen LogP contribution in [0.1, 0.15) is 15.9 Å². The highest BCUT2D eigenvalue weighted by atomic mass is 32.2. The molecule has 7 nitrogen and oxygen atoms in total. The van der Waals surface area contributed by atoms with Crippen LogP contribution in [0.2, 0.25) is 0 Å². The van der Waals surface area contributed by atoms with E-state index in [1.165, 1.54) is 18.0 Å². The van der Waals surface area contributed by atoms with E-state index in [2.05, 4.69) is 15.6 Å². The van der Waals surface area contributed by atoms with Crippen molar-refractivity contribution in [1.82, 2.24) is 15.6 Å². The molecule has 0 aliphatic heterocycles. The molecule has 0 fully saturated rings. The second-order valence-electron chi connectivity index (χ2n) is 5.69. The summed E-state index contributed by atoms with van der Waals surface area (Å²) in [6.45, 7) is 0.324. The summed E-state index contributed by atoms with van der Waals surface area (Å²) in [6, 6.07) is 11.9. The molecule has 1 atom stereocenters. The number of carboxylic acids is 1. The molecule has 0 bridgehead atoms. The van der Waals surface area contributed by atoms with Crippen molar-refractivity contribution in [2.24, 2.45) is 0 Å². The number of thioether (sulfide) groups is 1. The van der Waals surface area contributed by atoms with Crippen LogP contribution in [0.25, 0.3) is 0 Å². The summed E-state index contributed by atoms with van der Waals surface area (Å²) in [6.07, 6.45) is 3.36. The fourth-order valence-corrected chi connectivity index (χ4v) is 2.89. The van der Waals surface area contributed by atoms with Crippen LogP contribution >= 0.6 is 11.8 Å². The van der Waals surface area contributed by atoms with Crippen LogP contribution in [0.5, 0.6) is 0 Å². The van der Waals surface area contributed by atoms with Crippen LogP contribution in [0, 0.1) is 0 Å². The van der Waals surface area contributed by atoms with Gasteiger partial charge in [0.2, 0.25) is 5.91 Å². The Morgan fingerprint density at radius 2 is 1.89 bits per heavy atom. The average Bonchev–Trinajstić information content (AvgIpc) is 2.68. The minimum Gasteiger partial charge on any atom is -0.481 e. The summed E-state index contributed by atoms with van der Waals surface area (Å²) in [4.78, 5) is 39.4. The highest BCUT2D eigenvalue weighted by Gasteiger charge is 2.21. The summed E-state index contributed by atoms with van der Waals surface area (Å²) in [7, 11) is 0. The van der Waals surface area contributed by atoms with Gasteiger partial charge in [-0.05, 0) is 17.7 Å². The minimum atomic E-state index is -0.892. The highest BCUT2D eigenvalue weighted by Crippen LogP contribution is 2.06. The van der Waals surface area contributed by atoms with Gasteiger partial charge in [0.25, 0.3) is 5.91 Å². The number of rotatable bonds is 10. The Bertz CT molecular complexity index is 756. The van der Waals surface area contributed by atoms with Crippen molar-refractivity contribution in [3.63, 3.8) is 0 Å². The molecule has 3 N–H and O–H groups in total. The number of hydrogen-bond donors (Lipinski definition) is 3. The molecule has 27 heavy (non-hydrogen) atoms. The molecule has 1 unspecified atom stereocenters. The smallest absolute Gasteiger partial charge is 0.313 e. The number of carbonyl (C=O) groups excluding carboxylic acids is 2. The molecule has 0 saturated carbocycles. The van der Waals surface area contributed by atoms with E-state index in [9.17, 15) is 14.4 Å². The van der Waals surface area contributed by atoms with Crippen molar-refractivity contribution in [2.75, 3.05) is 18.1 Å². The molecule has 1 heterocycles. The molecule has 2 rings (SSSR count). The summed E-state index contributed by atoms with van der Waals surface area (Å²) >= 11 is 1.22. The Morgan fingerprint density at radius 3 is 2.56 bits per heavy atom. The molecule has 2 amide bonds. The first-order valence-corrected chi connectivity index (χ1v) is 9.54. The summed E-state index contributed by atoms with van der Waals surface area (Å²) in [5.74, 6) is -1.11. The first-order valence-electron chi connectivity index (χ1n) is 8.38. The number of nitrogens with one attached hydrogen (secondary N) is 2. The number of pyridine rings is 1. The van der Waals surface area contributed by atoms with Crippen molar-refractivity contribution in [2.45, 2.75) is 12.5 Å². The van der Waals surface area contributed by atoms with Crippen LogP contribution in [0.3, 0.4) is 0 Å². The van der Waals surface area contributed by atoms with Gasteiger partial charge in [0.1, 0.15) is 6.04 Å². The fourth-order valence-electron chi connectivity index (χ4n) is 2.33. The molecular weight excluding hydrogens is 366 g/mol. The van der Waals surface area contributed by atoms with E-state index >= 15 is 0 Å². The van der Waals surface area contributed by atoms with E-state index < -0.39 is 12.0 Å². The molecule has 0 radical (unpaired) electrons. The molecule has 0 saturated heterocycles. The number of aliphatic carboxylic acids is 1. The third-order valence-corrected chi connectivity index (χ3v) is 4.54. The van der Waals surface area contributed by atoms with Crippen molar-refractivity contribution >= 4 is 29.5 Å². The molecule has 0 aliphatic rings. The molecule has 0 aliphatic carbocycles. The second kappa shape index (κ2) is 11.0. The van der Waals surface area contributed by atoms with Crippen LogP contribution < -0.4 is 10.6 Å². The van der Waals surface area contributed by atoms with Crippen molar-refractivity contribution in [3.05, 3.63) is 66.0 Å². The summed E-state index contributed by atoms with van der Waals surface area (Å²) in [5.41, 5.74) is 1.30. The van der Waals surface area contributed by atoms with E-state index in [1.807, 2.05) is 30.3 Å². The number of nitrogens with zero attached hydrogens (tertiary/aromatic N) is 1. The highest BCUT2D eigenvalue weighted by molar-refractivity contribution is 7.99. The Morgan fingerprint density at radius 1 is 1.11 bits per heavy atom. The van der Waals surface area contributed by atoms with E-state index in [0.29, 0.717) is 24.3 Å². The van der Waals surface area contributed by atoms with E-state index in [0.717, 1.165) is 5.56 Å². The fraction of sp³-hybridized carbons (Fsp3) is 0.263. The number of amides is 2. The number of carbonyl (C=O) groups is 3. The molecule has 142 valence electrons. The standard InChI is InChI=1S/C19H21N3O4S/c23-17(24)13-27-10-9-21-19(26)16(11-14-5-2-1-3-6-14)22-18(25)15-7-4-8-20-12-15/h1-8,12,16H,9-11,13H2,(H,21,26)(H,22,25)(H,23,24). The second-order valence-corrected chi connectivity index (χ2v) is 6.80. The zero-order chi connectivity index (χ0) is 19.5. The van der Waals surface area contributed by atoms with Gasteiger partial charge in [0, 0.05) is 31.1 Å². The van der Waals surface area contributed by atoms with Gasteiger partial charge < -0.3 is 15.7 Å². The summed E-state index contributed by atoms with van der Waals surface area (Å²) < 4.78 is 0. The maximum atomic E-state index is 12.5. The third-order valence-electron chi connectivity index (χ3n) is 3.60. The monoisotopic (exact) mass is 387 g/mol. The molecule has 2 aromatic rings. The SMILES string of the molecule is O=C(O)CSCCNC(=O)C(Cc1ccccc1)NC(=O)c1cccnc1. The van der Waals surface area contributed by atoms with Crippen LogP contribution in [-0.4, -0.2) is 52.0 Å². The van der Waals surface area contributed by atoms with Crippen molar-refractivity contribution in [3.8, 4) is 0 Å². The van der Waals surface area contributed by atoms with Crippen LogP contribution in [-0.2, 0) is 16.0 Å². The minimum absolute atomic E-state index is 0.0128. The van der Waals surface area contributed by atoms with Gasteiger partial charge in [0.15, 0.2) is 0 Å². The lowest BCUT2D eigenvalue weighted by Crippen LogP contribution is -2.48. The topological polar surface area (TPSA) is 108 Å². The predicted molar refractivity (Wildman–Crippen MR) is 104 cm³/mol. The lowest BCUT2D eigenvalue weighted by Gasteiger charge is -2.18. The molecule has 1 aromatic heterocycles. The normalized spacial score (nSPS) is 11.4. The largest absolute Gasteiger partial charge is 0.481 e. The zero-order valence-corrected chi connectivity index (χ0v) is 15.4. The lowest BCUT2D eigenvalue weighted by atomic mass is 10.0. The third kappa shape index (κ3) is 7.49. The van der Waals surface area contributed by atoms with Gasteiger partial charge >= 0.3 is 5.97 Å². The summed E-state index contributed by atoms with van der Waals surface area (Å²) in [5, 5.41) is 14.1. The Labute approximate surface area is 161 Å². The number of benzene rings is 1. The van der Waals surface area contributed by atoms with E-state index in [1.54, 1.807) is 18.3 Å². The van der Waals surface area contributed by atoms with E-state index in [4.69, 9.17) is 5.11 Å². The average molecular weight is 387 g/mol. The predicted octanol–water partition coefficient (Wildman–Crippen LogP) is 1.36.